The molecule has 10 heteroatoms. The number of hydrogen-bond acceptors (Lipinski definition) is 7. The minimum atomic E-state index is -4.57. The van der Waals surface area contributed by atoms with Gasteiger partial charge in [0.15, 0.2) is 5.82 Å². The Morgan fingerprint density at radius 3 is 2.28 bits per heavy atom. The quantitative estimate of drug-likeness (QED) is 0.712. The van der Waals surface area contributed by atoms with Gasteiger partial charge in [0.25, 0.3) is 0 Å². The van der Waals surface area contributed by atoms with E-state index < -0.39 is 11.9 Å². The van der Waals surface area contributed by atoms with Gasteiger partial charge in [-0.05, 0) is 64.4 Å². The van der Waals surface area contributed by atoms with Crippen LogP contribution < -0.4 is 10.6 Å². The molecule has 7 nitrogen and oxygen atoms in total. The molecule has 0 radical (unpaired) electrons. The summed E-state index contributed by atoms with van der Waals surface area (Å²) in [6, 6.07) is 0.992. The Labute approximate surface area is 167 Å². The van der Waals surface area contributed by atoms with Crippen molar-refractivity contribution in [1.82, 2.24) is 24.9 Å². The highest BCUT2D eigenvalue weighted by molar-refractivity contribution is 5.50. The summed E-state index contributed by atoms with van der Waals surface area (Å²) in [7, 11) is 0. The van der Waals surface area contributed by atoms with Gasteiger partial charge in [-0.2, -0.15) is 28.1 Å². The van der Waals surface area contributed by atoms with Gasteiger partial charge in [-0.25, -0.2) is 9.97 Å². The third-order valence-electron chi connectivity index (χ3n) is 5.50. The predicted octanol–water partition coefficient (Wildman–Crippen LogP) is 4.16. The first-order valence-corrected chi connectivity index (χ1v) is 9.83. The van der Waals surface area contributed by atoms with Crippen LogP contribution in [0, 0.1) is 11.8 Å². The predicted molar refractivity (Wildman–Crippen MR) is 102 cm³/mol. The Kier molecular flexibility index (Phi) is 4.82. The number of anilines is 2. The summed E-state index contributed by atoms with van der Waals surface area (Å²) in [4.78, 5) is 20.7. The lowest BCUT2D eigenvalue weighted by Crippen LogP contribution is -2.34. The molecule has 1 atom stereocenters. The van der Waals surface area contributed by atoms with E-state index in [0.717, 1.165) is 37.9 Å². The minimum Gasteiger partial charge on any atom is -0.351 e. The Morgan fingerprint density at radius 1 is 0.966 bits per heavy atom. The number of rotatable bonds is 7. The molecule has 2 N–H and O–H groups in total. The van der Waals surface area contributed by atoms with E-state index in [1.54, 1.807) is 0 Å². The van der Waals surface area contributed by atoms with Crippen LogP contribution in [-0.4, -0.2) is 36.5 Å². The molecule has 2 aliphatic rings. The molecule has 4 rings (SSSR count). The van der Waals surface area contributed by atoms with Crippen molar-refractivity contribution in [3.05, 3.63) is 18.0 Å². The van der Waals surface area contributed by atoms with Crippen LogP contribution in [0.2, 0.25) is 0 Å². The van der Waals surface area contributed by atoms with Gasteiger partial charge in [-0.15, -0.1) is 0 Å². The number of nitrogens with one attached hydrogen (secondary N) is 2. The number of nitrogens with zero attached hydrogens (tertiary/aromatic N) is 5. The maximum absolute atomic E-state index is 13.1. The molecule has 2 saturated carbocycles. The van der Waals surface area contributed by atoms with Gasteiger partial charge in [-0.1, -0.05) is 0 Å². The highest BCUT2D eigenvalue weighted by Gasteiger charge is 2.38. The number of halogens is 3. The maximum Gasteiger partial charge on any atom is 0.433 e. The smallest absolute Gasteiger partial charge is 0.351 e. The van der Waals surface area contributed by atoms with Gasteiger partial charge in [0.2, 0.25) is 17.7 Å². The molecule has 0 aromatic carbocycles. The van der Waals surface area contributed by atoms with Crippen molar-refractivity contribution >= 4 is 11.9 Å². The average Bonchev–Trinajstić information content (AvgIpc) is 3.53. The molecular weight excluding hydrogens is 383 g/mol. The second-order valence-electron chi connectivity index (χ2n) is 8.46. The van der Waals surface area contributed by atoms with E-state index in [2.05, 4.69) is 49.4 Å². The van der Waals surface area contributed by atoms with Gasteiger partial charge in [0, 0.05) is 17.8 Å². The van der Waals surface area contributed by atoms with Crippen LogP contribution in [0.1, 0.15) is 52.1 Å². The Balaban J connectivity index is 1.68. The largest absolute Gasteiger partial charge is 0.433 e. The molecule has 0 aliphatic heterocycles. The van der Waals surface area contributed by atoms with Crippen LogP contribution in [0.4, 0.5) is 25.1 Å². The molecule has 0 saturated heterocycles. The van der Waals surface area contributed by atoms with Crippen LogP contribution in [-0.2, 0) is 6.18 Å². The fourth-order valence-corrected chi connectivity index (χ4v) is 3.33. The van der Waals surface area contributed by atoms with Crippen molar-refractivity contribution in [2.45, 2.75) is 64.2 Å². The zero-order chi connectivity index (χ0) is 20.8. The monoisotopic (exact) mass is 407 g/mol. The van der Waals surface area contributed by atoms with Gasteiger partial charge in [0.1, 0.15) is 5.69 Å². The van der Waals surface area contributed by atoms with Crippen molar-refractivity contribution in [2.24, 2.45) is 11.8 Å². The second-order valence-corrected chi connectivity index (χ2v) is 8.46. The van der Waals surface area contributed by atoms with E-state index in [1.165, 1.54) is 0 Å². The lowest BCUT2D eigenvalue weighted by Gasteiger charge is -2.26. The van der Waals surface area contributed by atoms with Crippen molar-refractivity contribution in [2.75, 3.05) is 10.6 Å². The summed E-state index contributed by atoms with van der Waals surface area (Å²) in [5.74, 6) is 1.50. The molecule has 156 valence electrons. The Morgan fingerprint density at radius 2 is 1.66 bits per heavy atom. The van der Waals surface area contributed by atoms with Crippen LogP contribution in [0.15, 0.2) is 12.3 Å². The maximum atomic E-state index is 13.1. The van der Waals surface area contributed by atoms with Crippen molar-refractivity contribution in [3.8, 4) is 11.6 Å². The van der Waals surface area contributed by atoms with Crippen molar-refractivity contribution in [3.63, 3.8) is 0 Å². The first-order chi connectivity index (χ1) is 13.6. The molecule has 2 aliphatic carbocycles. The van der Waals surface area contributed by atoms with Gasteiger partial charge >= 0.3 is 6.18 Å². The molecule has 0 bridgehead atoms. The van der Waals surface area contributed by atoms with Crippen LogP contribution in [0.5, 0.6) is 0 Å². The fourth-order valence-electron chi connectivity index (χ4n) is 3.33. The highest BCUT2D eigenvalue weighted by atomic mass is 19.4. The lowest BCUT2D eigenvalue weighted by molar-refractivity contribution is -0.141. The van der Waals surface area contributed by atoms with E-state index in [0.29, 0.717) is 23.7 Å². The van der Waals surface area contributed by atoms with E-state index in [-0.39, 0.29) is 23.2 Å². The zero-order valence-corrected chi connectivity index (χ0v) is 16.6. The Bertz CT molecular complexity index is 892. The molecule has 0 amide bonds. The summed E-state index contributed by atoms with van der Waals surface area (Å²) in [6.07, 6.45) is 1.03. The first-order valence-electron chi connectivity index (χ1n) is 9.83. The second kappa shape index (κ2) is 7.07. The lowest BCUT2D eigenvalue weighted by atomic mass is 9.99. The van der Waals surface area contributed by atoms with E-state index >= 15 is 0 Å². The number of hydrogen-bond donors (Lipinski definition) is 2. The van der Waals surface area contributed by atoms with Crippen LogP contribution in [0.25, 0.3) is 11.6 Å². The third kappa shape index (κ3) is 4.73. The zero-order valence-electron chi connectivity index (χ0n) is 16.6. The highest BCUT2D eigenvalue weighted by Crippen LogP contribution is 2.41. The molecule has 2 aromatic heterocycles. The molecular formula is C19H24F3N7. The third-order valence-corrected chi connectivity index (χ3v) is 5.50. The molecule has 2 fully saturated rings. The minimum absolute atomic E-state index is 0.00527. The molecule has 2 heterocycles. The summed E-state index contributed by atoms with van der Waals surface area (Å²) < 4.78 is 39.2. The summed E-state index contributed by atoms with van der Waals surface area (Å²) in [5, 5.41) is 6.56. The fraction of sp³-hybridized carbons (Fsp3) is 0.632. The van der Waals surface area contributed by atoms with Crippen LogP contribution >= 0.6 is 0 Å². The summed E-state index contributed by atoms with van der Waals surface area (Å²) >= 11 is 0. The van der Waals surface area contributed by atoms with Crippen molar-refractivity contribution in [1.29, 1.82) is 0 Å². The summed E-state index contributed by atoms with van der Waals surface area (Å²) in [6.45, 7) is 6.17. The average molecular weight is 407 g/mol. The SMILES string of the molecule is C[C@@H](Nc1nc(NC(C)(C)C2CC2)nc(-c2nccc(C(F)(F)F)n2)n1)C1CC1. The topological polar surface area (TPSA) is 88.5 Å². The number of alkyl halides is 3. The number of aromatic nitrogens is 5. The van der Waals surface area contributed by atoms with Gasteiger partial charge in [0.05, 0.1) is 0 Å². The molecule has 29 heavy (non-hydrogen) atoms. The van der Waals surface area contributed by atoms with E-state index in [4.69, 9.17) is 0 Å². The van der Waals surface area contributed by atoms with E-state index in [1.807, 2.05) is 6.92 Å². The van der Waals surface area contributed by atoms with Gasteiger partial charge in [-0.3, -0.25) is 0 Å². The summed E-state index contributed by atoms with van der Waals surface area (Å²) in [5.41, 5.74) is -1.26. The van der Waals surface area contributed by atoms with Gasteiger partial charge < -0.3 is 10.6 Å². The normalized spacial score (nSPS) is 18.4. The van der Waals surface area contributed by atoms with Crippen molar-refractivity contribution < 1.29 is 13.2 Å². The Hall–Kier alpha value is -2.52. The van der Waals surface area contributed by atoms with E-state index in [9.17, 15) is 13.2 Å². The standard InChI is InChI=1S/C19H24F3N7/c1-10(11-4-5-11)24-16-26-15(14-23-9-8-13(25-14)19(20,21)22)27-17(28-16)29-18(2,3)12-6-7-12/h8-12H,4-7H2,1-3H3,(H2,24,26,27,28,29)/t10-/m1/s1. The first kappa shape index (κ1) is 19.8. The molecule has 2 aromatic rings. The molecule has 0 spiro atoms. The van der Waals surface area contributed by atoms with Crippen LogP contribution in [0.3, 0.4) is 0 Å². The molecule has 0 unspecified atom stereocenters.